The number of hydrogen-bond donors (Lipinski definition) is 0. The van der Waals surface area contributed by atoms with Gasteiger partial charge in [0.1, 0.15) is 11.4 Å². The Morgan fingerprint density at radius 1 is 1.00 bits per heavy atom. The van der Waals surface area contributed by atoms with Crippen LogP contribution in [-0.2, 0) is 9.53 Å². The molecule has 0 heterocycles. The summed E-state index contributed by atoms with van der Waals surface area (Å²) >= 11 is 3.29. The van der Waals surface area contributed by atoms with Crippen LogP contribution in [0, 0.1) is 39.4 Å². The highest BCUT2D eigenvalue weighted by Gasteiger charge is 2.67. The van der Waals surface area contributed by atoms with Crippen LogP contribution in [0.1, 0.15) is 107 Å². The summed E-state index contributed by atoms with van der Waals surface area (Å²) in [6.45, 7) is 19.4. The van der Waals surface area contributed by atoms with E-state index in [9.17, 15) is 4.79 Å². The van der Waals surface area contributed by atoms with Crippen molar-refractivity contribution in [2.45, 2.75) is 113 Å². The van der Waals surface area contributed by atoms with Crippen molar-refractivity contribution in [3.8, 4) is 0 Å². The quantitative estimate of drug-likeness (QED) is 0.196. The van der Waals surface area contributed by atoms with Crippen molar-refractivity contribution in [3.05, 3.63) is 34.9 Å². The molecular weight excluding hydrogens is 496 g/mol. The molecular formula is C32H49BrO2. The summed E-state index contributed by atoms with van der Waals surface area (Å²) in [7, 11) is 0. The van der Waals surface area contributed by atoms with E-state index in [0.29, 0.717) is 34.0 Å². The molecule has 4 aliphatic rings. The average Bonchev–Trinajstić information content (AvgIpc) is 3.13. The second-order valence-corrected chi connectivity index (χ2v) is 14.4. The van der Waals surface area contributed by atoms with Gasteiger partial charge >= 0.3 is 5.97 Å². The largest absolute Gasteiger partial charge is 0.461 e. The zero-order valence-corrected chi connectivity index (χ0v) is 25.2. The van der Waals surface area contributed by atoms with Gasteiger partial charge in [-0.3, -0.25) is 4.79 Å². The van der Waals surface area contributed by atoms with E-state index in [1.807, 2.05) is 0 Å². The average molecular weight is 546 g/mol. The number of carbonyl (C=O) groups is 1. The molecule has 196 valence electrons. The Balaban J connectivity index is 1.63. The van der Waals surface area contributed by atoms with Gasteiger partial charge < -0.3 is 4.74 Å². The molecule has 0 radical (unpaired) electrons. The minimum Gasteiger partial charge on any atom is -0.461 e. The molecule has 0 N–H and O–H groups in total. The van der Waals surface area contributed by atoms with Crippen molar-refractivity contribution in [1.82, 2.24) is 0 Å². The predicted octanol–water partition coefficient (Wildman–Crippen LogP) is 9.20. The van der Waals surface area contributed by atoms with Crippen LogP contribution in [0.2, 0.25) is 0 Å². The van der Waals surface area contributed by atoms with E-state index in [1.54, 1.807) is 11.1 Å². The van der Waals surface area contributed by atoms with Gasteiger partial charge in [-0.15, -0.1) is 0 Å². The van der Waals surface area contributed by atoms with Gasteiger partial charge in [-0.25, -0.2) is 0 Å². The minimum atomic E-state index is -0.116. The molecule has 0 saturated heterocycles. The van der Waals surface area contributed by atoms with Gasteiger partial charge in [-0.2, -0.15) is 0 Å². The molecule has 0 unspecified atom stereocenters. The number of ether oxygens (including phenoxy) is 1. The number of rotatable bonds is 5. The fraction of sp³-hybridized carbons (Fsp3) is 0.781. The van der Waals surface area contributed by atoms with Crippen LogP contribution in [0.3, 0.4) is 0 Å². The van der Waals surface area contributed by atoms with Crippen molar-refractivity contribution in [2.75, 3.05) is 5.33 Å². The Bertz CT molecular complexity index is 937. The number of esters is 1. The topological polar surface area (TPSA) is 26.3 Å². The molecule has 3 saturated carbocycles. The lowest BCUT2D eigenvalue weighted by molar-refractivity contribution is -0.204. The Kier molecular flexibility index (Phi) is 7.37. The van der Waals surface area contributed by atoms with E-state index in [1.165, 1.54) is 44.1 Å². The van der Waals surface area contributed by atoms with E-state index in [2.05, 4.69) is 89.5 Å². The summed E-state index contributed by atoms with van der Waals surface area (Å²) in [5.41, 5.74) is 5.68. The Hall–Kier alpha value is -0.830. The highest BCUT2D eigenvalue weighted by molar-refractivity contribution is 9.09. The lowest BCUT2D eigenvalue weighted by Gasteiger charge is -2.68. The van der Waals surface area contributed by atoms with Crippen molar-refractivity contribution < 1.29 is 9.53 Å². The van der Waals surface area contributed by atoms with Crippen molar-refractivity contribution in [3.63, 3.8) is 0 Å². The Morgan fingerprint density at radius 2 is 1.71 bits per heavy atom. The molecule has 0 bridgehead atoms. The van der Waals surface area contributed by atoms with E-state index in [0.717, 1.165) is 12.8 Å². The number of fused-ring (bicyclic) bond motifs is 5. The highest BCUT2D eigenvalue weighted by atomic mass is 79.9. The van der Waals surface area contributed by atoms with E-state index in [4.69, 9.17) is 4.74 Å². The second-order valence-electron chi connectivity index (χ2n) is 13.8. The molecule has 0 spiro atoms. The molecule has 2 nitrogen and oxygen atoms in total. The van der Waals surface area contributed by atoms with E-state index in [-0.39, 0.29) is 22.8 Å². The summed E-state index contributed by atoms with van der Waals surface area (Å²) in [6.07, 6.45) is 17.2. The fourth-order valence-electron chi connectivity index (χ4n) is 9.56. The molecule has 3 fully saturated rings. The van der Waals surface area contributed by atoms with Gasteiger partial charge in [-0.1, -0.05) is 85.5 Å². The summed E-state index contributed by atoms with van der Waals surface area (Å²) in [5.74, 6) is 1.81. The first-order chi connectivity index (χ1) is 16.3. The molecule has 0 aromatic carbocycles. The first-order valence-corrected chi connectivity index (χ1v) is 15.2. The first-order valence-electron chi connectivity index (χ1n) is 14.1. The number of alkyl halides is 1. The fourth-order valence-corrected chi connectivity index (χ4v) is 9.69. The molecule has 0 aliphatic heterocycles. The van der Waals surface area contributed by atoms with E-state index >= 15 is 0 Å². The maximum absolute atomic E-state index is 12.2. The minimum absolute atomic E-state index is 0.0134. The number of allylic oxidation sites excluding steroid dienone is 6. The maximum atomic E-state index is 12.2. The monoisotopic (exact) mass is 544 g/mol. The van der Waals surface area contributed by atoms with Crippen LogP contribution >= 0.6 is 15.9 Å². The molecule has 3 heteroatoms. The van der Waals surface area contributed by atoms with Gasteiger partial charge in [0.2, 0.25) is 0 Å². The van der Waals surface area contributed by atoms with Gasteiger partial charge in [0.25, 0.3) is 0 Å². The summed E-state index contributed by atoms with van der Waals surface area (Å²) in [4.78, 5) is 12.2. The first kappa shape index (κ1) is 27.2. The Labute approximate surface area is 223 Å². The summed E-state index contributed by atoms with van der Waals surface area (Å²) in [6, 6.07) is 0. The third-order valence-corrected chi connectivity index (χ3v) is 12.1. The van der Waals surface area contributed by atoms with E-state index < -0.39 is 0 Å². The lowest BCUT2D eigenvalue weighted by atomic mass is 9.37. The molecule has 0 aromatic heterocycles. The van der Waals surface area contributed by atoms with Gasteiger partial charge in [0.05, 0.1) is 0 Å². The molecule has 7 atom stereocenters. The molecule has 4 rings (SSSR count). The highest BCUT2D eigenvalue weighted by Crippen LogP contribution is 2.74. The van der Waals surface area contributed by atoms with Crippen LogP contribution in [0.15, 0.2) is 34.9 Å². The SMILES string of the molecule is CC(C)=CC/C=C(\C)[C@H]1CC[C@]2(C)C1=CC[C@@H]1[C@@]3(C)CC[C@H](OC(=O)CBr)C(C)(C)[C@@H]3CC[C@]12C. The number of hydrogen-bond acceptors (Lipinski definition) is 2. The normalized spacial score (nSPS) is 42.3. The van der Waals surface area contributed by atoms with Gasteiger partial charge in [0, 0.05) is 11.3 Å². The smallest absolute Gasteiger partial charge is 0.316 e. The van der Waals surface area contributed by atoms with Crippen LogP contribution in [0.4, 0.5) is 0 Å². The molecule has 4 aliphatic carbocycles. The van der Waals surface area contributed by atoms with Crippen LogP contribution in [0.5, 0.6) is 0 Å². The second kappa shape index (κ2) is 9.48. The van der Waals surface area contributed by atoms with Gasteiger partial charge in [0.15, 0.2) is 0 Å². The van der Waals surface area contributed by atoms with Crippen LogP contribution in [0.25, 0.3) is 0 Å². The third kappa shape index (κ3) is 4.24. The molecule has 0 amide bonds. The zero-order valence-electron chi connectivity index (χ0n) is 23.6. The molecule has 35 heavy (non-hydrogen) atoms. The molecule has 0 aromatic rings. The number of carbonyl (C=O) groups excluding carboxylic acids is 1. The van der Waals surface area contributed by atoms with Crippen molar-refractivity contribution >= 4 is 21.9 Å². The van der Waals surface area contributed by atoms with Gasteiger partial charge in [-0.05, 0) is 100 Å². The Morgan fingerprint density at radius 3 is 2.37 bits per heavy atom. The standard InChI is InChI=1S/C32H49BrO2/c1-21(2)10-9-11-22(3)23-14-18-31(7)24(23)12-13-26-30(6)17-16-27(35-28(34)20-33)29(4,5)25(30)15-19-32(26,31)8/h10-12,23,25-27H,9,13-20H2,1-8H3/b22-11+/t23-,25+,26-,27+,30+,31-,32-/m1/s1. The summed E-state index contributed by atoms with van der Waals surface area (Å²) < 4.78 is 5.98. The third-order valence-electron chi connectivity index (χ3n) is 11.7. The zero-order chi connectivity index (χ0) is 25.8. The number of halogens is 1. The van der Waals surface area contributed by atoms with Crippen molar-refractivity contribution in [1.29, 1.82) is 0 Å². The summed E-state index contributed by atoms with van der Waals surface area (Å²) in [5, 5.41) is 0.289. The lowest BCUT2D eigenvalue weighted by Crippen LogP contribution is -2.62. The van der Waals surface area contributed by atoms with Crippen LogP contribution < -0.4 is 0 Å². The predicted molar refractivity (Wildman–Crippen MR) is 150 cm³/mol. The van der Waals surface area contributed by atoms with Crippen LogP contribution in [-0.4, -0.2) is 17.4 Å². The maximum Gasteiger partial charge on any atom is 0.316 e. The van der Waals surface area contributed by atoms with Crippen molar-refractivity contribution in [2.24, 2.45) is 39.4 Å².